The summed E-state index contributed by atoms with van der Waals surface area (Å²) in [6, 6.07) is 6.00. The van der Waals surface area contributed by atoms with Crippen molar-refractivity contribution in [3.8, 4) is 28.3 Å². The van der Waals surface area contributed by atoms with Crippen LogP contribution in [0.4, 0.5) is 30.7 Å². The molecule has 1 aromatic carbocycles. The van der Waals surface area contributed by atoms with Gasteiger partial charge in [-0.25, -0.2) is 19.5 Å². The number of aromatic nitrogens is 6. The number of nitrogens with zero attached hydrogens (tertiary/aromatic N) is 6. The molecule has 0 saturated heterocycles. The van der Waals surface area contributed by atoms with Crippen molar-refractivity contribution in [1.82, 2.24) is 29.1 Å². The second-order valence-corrected chi connectivity index (χ2v) is 9.52. The van der Waals surface area contributed by atoms with Crippen LogP contribution in [0.2, 0.25) is 0 Å². The maximum absolute atomic E-state index is 13.2. The summed E-state index contributed by atoms with van der Waals surface area (Å²) in [6.07, 6.45) is -9.31. The number of alkyl halides is 7. The SMILES string of the molecule is CCSc1nn2cc(-c3ccc(OC(F)(F)C(F)F)cc3)cnc2c1-c1nc2cc(C(F)(F)F)cnc2n1C. The minimum absolute atomic E-state index is 0.0606. The molecule has 0 aliphatic rings. The van der Waals surface area contributed by atoms with Crippen LogP contribution in [0, 0.1) is 0 Å². The molecule has 0 fully saturated rings. The fraction of sp³-hybridized carbons (Fsp3) is 0.250. The highest BCUT2D eigenvalue weighted by Crippen LogP contribution is 2.37. The maximum Gasteiger partial charge on any atom is 0.461 e. The molecular formula is C24H17F7N6OS. The molecule has 0 bridgehead atoms. The molecule has 0 radical (unpaired) electrons. The smallest absolute Gasteiger partial charge is 0.428 e. The van der Waals surface area contributed by atoms with E-state index < -0.39 is 30.0 Å². The molecule has 0 aliphatic heterocycles. The summed E-state index contributed by atoms with van der Waals surface area (Å²) in [5, 5.41) is 5.11. The third-order valence-corrected chi connectivity index (χ3v) is 6.52. The number of aryl methyl sites for hydroxylation is 1. The van der Waals surface area contributed by atoms with Gasteiger partial charge in [0.2, 0.25) is 0 Å². The molecule has 5 aromatic rings. The van der Waals surface area contributed by atoms with Gasteiger partial charge in [0.1, 0.15) is 22.1 Å². The Morgan fingerprint density at radius 2 is 1.67 bits per heavy atom. The molecule has 0 unspecified atom stereocenters. The van der Waals surface area contributed by atoms with E-state index in [0.717, 1.165) is 24.4 Å². The number of halogens is 7. The predicted molar refractivity (Wildman–Crippen MR) is 129 cm³/mol. The quantitative estimate of drug-likeness (QED) is 0.160. The standard InChI is InChI=1S/C24H17F7N6OS/c1-3-39-21-17(20-34-16-8-14(23(27,28)29)10-33-18(16)36(20)2)19-32-9-13(11-37(19)35-21)12-4-6-15(7-5-12)38-24(30,31)22(25)26/h4-11,22H,3H2,1-2H3. The summed E-state index contributed by atoms with van der Waals surface area (Å²) in [5.74, 6) is 0.518. The summed E-state index contributed by atoms with van der Waals surface area (Å²) in [7, 11) is 1.63. The van der Waals surface area contributed by atoms with Gasteiger partial charge in [0.15, 0.2) is 11.3 Å². The molecule has 39 heavy (non-hydrogen) atoms. The highest BCUT2D eigenvalue weighted by atomic mass is 32.2. The zero-order valence-corrected chi connectivity index (χ0v) is 20.9. The van der Waals surface area contributed by atoms with E-state index in [2.05, 4.69) is 24.8 Å². The van der Waals surface area contributed by atoms with Gasteiger partial charge in [0.25, 0.3) is 0 Å². The number of imidazole rings is 1. The van der Waals surface area contributed by atoms with E-state index in [4.69, 9.17) is 0 Å². The molecule has 0 N–H and O–H groups in total. The number of thioether (sulfide) groups is 1. The number of pyridine rings is 1. The van der Waals surface area contributed by atoms with Crippen LogP contribution in [0.15, 0.2) is 53.9 Å². The van der Waals surface area contributed by atoms with Gasteiger partial charge < -0.3 is 9.30 Å². The van der Waals surface area contributed by atoms with E-state index in [1.807, 2.05) is 6.92 Å². The van der Waals surface area contributed by atoms with Crippen LogP contribution in [0.1, 0.15) is 12.5 Å². The highest BCUT2D eigenvalue weighted by molar-refractivity contribution is 7.99. The van der Waals surface area contributed by atoms with Gasteiger partial charge >= 0.3 is 18.7 Å². The summed E-state index contributed by atoms with van der Waals surface area (Å²) >= 11 is 1.39. The third-order valence-electron chi connectivity index (χ3n) is 5.68. The van der Waals surface area contributed by atoms with Gasteiger partial charge in [0, 0.05) is 31.2 Å². The number of hydrogen-bond acceptors (Lipinski definition) is 6. The number of rotatable bonds is 7. The van der Waals surface area contributed by atoms with Crippen LogP contribution in [0.5, 0.6) is 5.75 Å². The van der Waals surface area contributed by atoms with Crippen LogP contribution < -0.4 is 4.74 Å². The van der Waals surface area contributed by atoms with Crippen LogP contribution in [0.25, 0.3) is 39.3 Å². The molecule has 0 spiro atoms. The van der Waals surface area contributed by atoms with Crippen molar-refractivity contribution >= 4 is 28.6 Å². The first kappa shape index (κ1) is 26.7. The average molecular weight is 570 g/mol. The van der Waals surface area contributed by atoms with E-state index in [9.17, 15) is 30.7 Å². The molecule has 204 valence electrons. The van der Waals surface area contributed by atoms with Crippen LogP contribution in [0.3, 0.4) is 0 Å². The maximum atomic E-state index is 13.2. The highest BCUT2D eigenvalue weighted by Gasteiger charge is 2.44. The molecule has 0 saturated carbocycles. The second-order valence-electron chi connectivity index (χ2n) is 8.27. The predicted octanol–water partition coefficient (Wildman–Crippen LogP) is 6.71. The Labute approximate surface area is 219 Å². The number of ether oxygens (including phenoxy) is 1. The zero-order chi connectivity index (χ0) is 28.1. The lowest BCUT2D eigenvalue weighted by molar-refractivity contribution is -0.253. The van der Waals surface area contributed by atoms with Crippen molar-refractivity contribution in [1.29, 1.82) is 0 Å². The molecule has 7 nitrogen and oxygen atoms in total. The molecule has 0 amide bonds. The van der Waals surface area contributed by atoms with Crippen LogP contribution in [-0.4, -0.2) is 47.4 Å². The van der Waals surface area contributed by atoms with Gasteiger partial charge in [0.05, 0.1) is 11.1 Å². The van der Waals surface area contributed by atoms with Gasteiger partial charge in [-0.1, -0.05) is 19.1 Å². The molecular weight excluding hydrogens is 553 g/mol. The average Bonchev–Trinajstić information content (AvgIpc) is 3.39. The van der Waals surface area contributed by atoms with E-state index >= 15 is 0 Å². The minimum Gasteiger partial charge on any atom is -0.428 e. The molecule has 15 heteroatoms. The van der Waals surface area contributed by atoms with Gasteiger partial charge in [-0.15, -0.1) is 11.8 Å². The molecule has 0 aliphatic carbocycles. The van der Waals surface area contributed by atoms with Crippen molar-refractivity contribution < 1.29 is 35.5 Å². The van der Waals surface area contributed by atoms with Crippen LogP contribution >= 0.6 is 11.8 Å². The van der Waals surface area contributed by atoms with E-state index in [0.29, 0.717) is 38.9 Å². The van der Waals surface area contributed by atoms with Gasteiger partial charge in [-0.2, -0.15) is 35.8 Å². The molecule has 4 aromatic heterocycles. The number of benzene rings is 1. The second kappa shape index (κ2) is 9.70. The zero-order valence-electron chi connectivity index (χ0n) is 20.0. The Balaban J connectivity index is 1.55. The van der Waals surface area contributed by atoms with Crippen molar-refractivity contribution in [2.45, 2.75) is 30.7 Å². The number of hydrogen-bond donors (Lipinski definition) is 0. The summed E-state index contributed by atoms with van der Waals surface area (Å²) in [5.41, 5.74) is 1.32. The first-order valence-corrected chi connectivity index (χ1v) is 12.2. The third kappa shape index (κ3) is 4.97. The van der Waals surface area contributed by atoms with E-state index in [1.165, 1.54) is 34.6 Å². The van der Waals surface area contributed by atoms with Gasteiger partial charge in [-0.05, 0) is 29.5 Å². The monoisotopic (exact) mass is 570 g/mol. The van der Waals surface area contributed by atoms with E-state index in [1.54, 1.807) is 17.8 Å². The lowest BCUT2D eigenvalue weighted by atomic mass is 10.1. The molecule has 0 atom stereocenters. The normalized spacial score (nSPS) is 12.7. The Morgan fingerprint density at radius 3 is 2.31 bits per heavy atom. The minimum atomic E-state index is -4.62. The van der Waals surface area contributed by atoms with Crippen molar-refractivity contribution in [2.24, 2.45) is 7.05 Å². The first-order chi connectivity index (χ1) is 18.4. The Hall–Kier alpha value is -3.88. The lowest BCUT2D eigenvalue weighted by Gasteiger charge is -2.16. The summed E-state index contributed by atoms with van der Waals surface area (Å²) in [4.78, 5) is 12.9. The number of fused-ring (bicyclic) bond motifs is 2. The van der Waals surface area contributed by atoms with Crippen molar-refractivity contribution in [3.05, 3.63) is 54.5 Å². The van der Waals surface area contributed by atoms with Crippen LogP contribution in [-0.2, 0) is 13.2 Å². The summed E-state index contributed by atoms with van der Waals surface area (Å²) < 4.78 is 97.9. The van der Waals surface area contributed by atoms with Crippen molar-refractivity contribution in [2.75, 3.05) is 5.75 Å². The lowest BCUT2D eigenvalue weighted by Crippen LogP contribution is -2.33. The fourth-order valence-corrected chi connectivity index (χ4v) is 4.62. The largest absolute Gasteiger partial charge is 0.461 e. The van der Waals surface area contributed by atoms with Gasteiger partial charge in [-0.3, -0.25) is 0 Å². The Morgan fingerprint density at radius 1 is 0.974 bits per heavy atom. The van der Waals surface area contributed by atoms with E-state index in [-0.39, 0.29) is 11.2 Å². The molecule has 5 rings (SSSR count). The Bertz CT molecular complexity index is 1660. The van der Waals surface area contributed by atoms with Crippen molar-refractivity contribution in [3.63, 3.8) is 0 Å². The fourth-order valence-electron chi connectivity index (χ4n) is 3.87. The summed E-state index contributed by atoms with van der Waals surface area (Å²) in [6.45, 7) is 1.91. The Kier molecular flexibility index (Phi) is 6.64. The first-order valence-electron chi connectivity index (χ1n) is 11.3. The molecule has 4 heterocycles. The topological polar surface area (TPSA) is 70.1 Å².